The molecule has 0 saturated heterocycles. The third kappa shape index (κ3) is 13.7. The predicted molar refractivity (Wildman–Crippen MR) is 205 cm³/mol. The van der Waals surface area contributed by atoms with Gasteiger partial charge in [-0.1, -0.05) is 24.3 Å². The van der Waals surface area contributed by atoms with E-state index in [9.17, 15) is 46.4 Å². The summed E-state index contributed by atoms with van der Waals surface area (Å²) in [5, 5.41) is 43.2. The van der Waals surface area contributed by atoms with Crippen molar-refractivity contribution in [2.45, 2.75) is 9.79 Å². The molecule has 2 aromatic carbocycles. The molecule has 2 aromatic heterocycles. The molecule has 0 aliphatic rings. The van der Waals surface area contributed by atoms with Gasteiger partial charge in [-0.15, -0.1) is 0 Å². The van der Waals surface area contributed by atoms with Gasteiger partial charge in [0.1, 0.15) is 9.79 Å². The minimum absolute atomic E-state index is 0. The maximum absolute atomic E-state index is 12.5. The summed E-state index contributed by atoms with van der Waals surface area (Å²) in [5.74, 6) is -0.127. The van der Waals surface area contributed by atoms with Gasteiger partial charge in [-0.25, -0.2) is 0 Å². The van der Waals surface area contributed by atoms with Crippen LogP contribution < -0.4 is 29.9 Å². The number of benzene rings is 2. The fourth-order valence-corrected chi connectivity index (χ4v) is 6.18. The number of nitrogens with zero attached hydrogens (tertiary/aromatic N) is 8. The molecule has 0 bridgehead atoms. The Hall–Kier alpha value is -3.34. The molecule has 0 fully saturated rings. The minimum atomic E-state index is -4.88. The third-order valence-electron chi connectivity index (χ3n) is 7.15. The Morgan fingerprint density at radius 1 is 0.589 bits per heavy atom. The summed E-state index contributed by atoms with van der Waals surface area (Å²) in [4.78, 5) is 26.6. The van der Waals surface area contributed by atoms with Gasteiger partial charge in [-0.2, -0.15) is 46.7 Å². The molecule has 26 heteroatoms. The van der Waals surface area contributed by atoms with Gasteiger partial charge in [0.25, 0.3) is 20.2 Å². The Bertz CT molecular complexity index is 2010. The number of hydrogen-bond acceptors (Lipinski definition) is 20. The van der Waals surface area contributed by atoms with Crippen molar-refractivity contribution >= 4 is 127 Å². The number of aliphatic hydroxyl groups excluding tert-OH is 4. The summed E-state index contributed by atoms with van der Waals surface area (Å²) < 4.78 is 80.3. The number of methoxy groups -OCH3 is 2. The van der Waals surface area contributed by atoms with Gasteiger partial charge in [0.05, 0.1) is 40.6 Å². The minimum Gasteiger partial charge on any atom is -0.467 e. The largest absolute Gasteiger partial charge is 0.467 e. The number of hydrogen-bond donors (Lipinski definition) is 8. The molecular formula is C30H38N10Na2O12S2. The number of rotatable bonds is 20. The average molecular weight is 841 g/mol. The summed E-state index contributed by atoms with van der Waals surface area (Å²) in [6.45, 7) is -0.787. The molecule has 294 valence electrons. The summed E-state index contributed by atoms with van der Waals surface area (Å²) in [7, 11) is -7.14. The quantitative estimate of drug-likeness (QED) is 0.0302. The second-order valence-electron chi connectivity index (χ2n) is 10.8. The van der Waals surface area contributed by atoms with Crippen LogP contribution in [0.2, 0.25) is 0 Å². The van der Waals surface area contributed by atoms with E-state index in [2.05, 4.69) is 40.5 Å². The van der Waals surface area contributed by atoms with Crippen LogP contribution in [-0.4, -0.2) is 202 Å². The van der Waals surface area contributed by atoms with E-state index in [1.165, 1.54) is 60.4 Å². The van der Waals surface area contributed by atoms with Gasteiger partial charge >= 0.3 is 12.0 Å². The van der Waals surface area contributed by atoms with Crippen molar-refractivity contribution in [2.75, 3.05) is 87.3 Å². The monoisotopic (exact) mass is 840 g/mol. The van der Waals surface area contributed by atoms with Crippen LogP contribution in [0.15, 0.2) is 46.2 Å². The molecule has 2 heterocycles. The molecule has 56 heavy (non-hydrogen) atoms. The van der Waals surface area contributed by atoms with E-state index in [1.807, 2.05) is 0 Å². The molecular weight excluding hydrogens is 803 g/mol. The Kier molecular flexibility index (Phi) is 19.7. The van der Waals surface area contributed by atoms with E-state index in [-0.39, 0.29) is 170 Å². The topological polar surface area (TPSA) is 316 Å². The molecule has 0 saturated carbocycles. The first-order chi connectivity index (χ1) is 25.7. The second-order valence-corrected chi connectivity index (χ2v) is 13.6. The van der Waals surface area contributed by atoms with Gasteiger partial charge in [0.15, 0.2) is 0 Å². The molecule has 0 aliphatic carbocycles. The van der Waals surface area contributed by atoms with Gasteiger partial charge in [0.2, 0.25) is 23.8 Å². The van der Waals surface area contributed by atoms with Crippen LogP contribution in [0, 0.1) is 0 Å². The molecule has 0 amide bonds. The third-order valence-corrected chi connectivity index (χ3v) is 8.97. The SMILES string of the molecule is COc1nc(Nc2ccc(C=Cc3ccc(Nc4nc(OC)nc(N(CCO)CCO)n4)cc3S(=O)(=O)O)c(S(=O)(=O)O)c2)nc(N(CCO)CCO)n1.[Na].[Na]. The van der Waals surface area contributed by atoms with Gasteiger partial charge in [-0.05, 0) is 35.4 Å². The molecule has 0 aliphatic heterocycles. The second kappa shape index (κ2) is 22.6. The van der Waals surface area contributed by atoms with Crippen molar-refractivity contribution in [3.8, 4) is 12.0 Å². The maximum atomic E-state index is 12.5. The van der Waals surface area contributed by atoms with Gasteiger partial charge in [-0.3, -0.25) is 9.11 Å². The molecule has 2 radical (unpaired) electrons. The maximum Gasteiger partial charge on any atom is 0.322 e. The van der Waals surface area contributed by atoms with E-state index in [4.69, 9.17) is 9.47 Å². The molecule has 4 rings (SSSR count). The van der Waals surface area contributed by atoms with E-state index in [1.54, 1.807) is 0 Å². The van der Waals surface area contributed by atoms with Crippen LogP contribution in [0.1, 0.15) is 11.1 Å². The summed E-state index contributed by atoms with van der Waals surface area (Å²) >= 11 is 0. The van der Waals surface area contributed by atoms with E-state index >= 15 is 0 Å². The Balaban J connectivity index is 0.00000541. The molecule has 4 aromatic rings. The van der Waals surface area contributed by atoms with Crippen LogP contribution in [0.4, 0.5) is 35.2 Å². The number of nitrogens with one attached hydrogen (secondary N) is 2. The van der Waals surface area contributed by atoms with Crippen LogP contribution in [0.3, 0.4) is 0 Å². The molecule has 0 atom stereocenters. The summed E-state index contributed by atoms with van der Waals surface area (Å²) in [6, 6.07) is 7.32. The number of ether oxygens (including phenoxy) is 2. The molecule has 0 spiro atoms. The van der Waals surface area contributed by atoms with Crippen LogP contribution in [-0.2, 0) is 20.2 Å². The first-order valence-corrected chi connectivity index (χ1v) is 18.6. The van der Waals surface area contributed by atoms with Gasteiger partial charge < -0.3 is 50.3 Å². The van der Waals surface area contributed by atoms with Crippen molar-refractivity contribution in [2.24, 2.45) is 0 Å². The van der Waals surface area contributed by atoms with Crippen molar-refractivity contribution in [3.63, 3.8) is 0 Å². The fraction of sp³-hybridized carbons (Fsp3) is 0.333. The van der Waals surface area contributed by atoms with E-state index in [0.717, 1.165) is 12.1 Å². The first kappa shape index (κ1) is 48.8. The van der Waals surface area contributed by atoms with Crippen molar-refractivity contribution < 1.29 is 55.8 Å². The normalized spacial score (nSPS) is 11.4. The number of aliphatic hydroxyl groups is 4. The van der Waals surface area contributed by atoms with E-state index < -0.39 is 30.0 Å². The first-order valence-electron chi connectivity index (χ1n) is 15.7. The Labute approximate surface area is 366 Å². The zero-order valence-electron chi connectivity index (χ0n) is 30.8. The zero-order valence-corrected chi connectivity index (χ0v) is 36.4. The van der Waals surface area contributed by atoms with Crippen LogP contribution in [0.5, 0.6) is 12.0 Å². The predicted octanol–water partition coefficient (Wildman–Crippen LogP) is -0.955. The molecule has 8 N–H and O–H groups in total. The smallest absolute Gasteiger partial charge is 0.322 e. The van der Waals surface area contributed by atoms with Crippen molar-refractivity contribution in [3.05, 3.63) is 47.5 Å². The molecule has 22 nitrogen and oxygen atoms in total. The van der Waals surface area contributed by atoms with Gasteiger partial charge in [0, 0.05) is 96.7 Å². The Morgan fingerprint density at radius 2 is 0.929 bits per heavy atom. The number of anilines is 6. The standard InChI is InChI=1S/C30H38N10O12S2.2Na/c1-51-29-35-25(33-27(37-29)39(9-13-41)10-14-42)31-21-7-5-19(23(17-21)53(45,46)47)3-4-20-6-8-22(18-24(20)54(48,49)50)32-26-34-28(38-30(36-26)52-2)40(11-15-43)12-16-44;;/h3-8,17-18,41-44H,9-16H2,1-2H3,(H,45,46,47)(H,48,49,50)(H,31,33,35,37)(H,32,34,36,38);;. The van der Waals surface area contributed by atoms with Crippen LogP contribution in [0.25, 0.3) is 12.2 Å². The number of aromatic nitrogens is 6. The van der Waals surface area contributed by atoms with Crippen molar-refractivity contribution in [1.29, 1.82) is 0 Å². The Morgan fingerprint density at radius 3 is 1.21 bits per heavy atom. The summed E-state index contributed by atoms with van der Waals surface area (Å²) in [5.41, 5.74) is 0.0472. The fourth-order valence-electron chi connectivity index (χ4n) is 4.76. The zero-order chi connectivity index (χ0) is 39.5. The molecule has 0 unspecified atom stereocenters. The van der Waals surface area contributed by atoms with E-state index in [0.29, 0.717) is 0 Å². The summed E-state index contributed by atoms with van der Waals surface area (Å²) in [6.07, 6.45) is 2.41. The van der Waals surface area contributed by atoms with Crippen LogP contribution >= 0.6 is 0 Å². The van der Waals surface area contributed by atoms with Crippen molar-refractivity contribution in [1.82, 2.24) is 29.9 Å². The average Bonchev–Trinajstić information content (AvgIpc) is 3.13.